The van der Waals surface area contributed by atoms with Gasteiger partial charge in [-0.2, -0.15) is 0 Å². The van der Waals surface area contributed by atoms with E-state index < -0.39 is 0 Å². The predicted molar refractivity (Wildman–Crippen MR) is 94.8 cm³/mol. The van der Waals surface area contributed by atoms with E-state index in [-0.39, 0.29) is 6.04 Å². The zero-order valence-corrected chi connectivity index (χ0v) is 14.6. The molecule has 1 aliphatic heterocycles. The van der Waals surface area contributed by atoms with E-state index in [9.17, 15) is 0 Å². The molecule has 1 N–H and O–H groups in total. The second-order valence-corrected chi connectivity index (χ2v) is 5.97. The molecule has 5 heteroatoms. The van der Waals surface area contributed by atoms with Crippen molar-refractivity contribution in [1.29, 1.82) is 0 Å². The fourth-order valence-electron chi connectivity index (χ4n) is 3.32. The van der Waals surface area contributed by atoms with Crippen molar-refractivity contribution in [3.8, 4) is 11.5 Å². The molecule has 128 valence electrons. The van der Waals surface area contributed by atoms with E-state index >= 15 is 0 Å². The molecule has 3 rings (SSSR count). The predicted octanol–water partition coefficient (Wildman–Crippen LogP) is 2.40. The molecule has 0 amide bonds. The number of rotatable bonds is 5. The lowest BCUT2D eigenvalue weighted by molar-refractivity contribution is 0.189. The highest BCUT2D eigenvalue weighted by Gasteiger charge is 2.30. The fraction of sp³-hybridized carbons (Fsp3) is 0.421. The number of methoxy groups -OCH3 is 2. The Labute approximate surface area is 143 Å². The molecule has 2 heterocycles. The first kappa shape index (κ1) is 16.7. The molecule has 1 aromatic heterocycles. The summed E-state index contributed by atoms with van der Waals surface area (Å²) in [5.74, 6) is 1.67. The average Bonchev–Trinajstić information content (AvgIpc) is 2.63. The zero-order chi connectivity index (χ0) is 16.9. The van der Waals surface area contributed by atoms with E-state index in [1.807, 2.05) is 31.2 Å². The SMILES string of the molecule is COc1cccc(OC)c1C(c1cccc(C)n1)N1CCNCC1. The minimum Gasteiger partial charge on any atom is -0.496 e. The monoisotopic (exact) mass is 327 g/mol. The normalized spacial score (nSPS) is 16.6. The van der Waals surface area contributed by atoms with Gasteiger partial charge in [-0.25, -0.2) is 0 Å². The maximum atomic E-state index is 5.66. The van der Waals surface area contributed by atoms with Crippen LogP contribution in [-0.2, 0) is 0 Å². The lowest BCUT2D eigenvalue weighted by atomic mass is 9.98. The fourth-order valence-corrected chi connectivity index (χ4v) is 3.32. The summed E-state index contributed by atoms with van der Waals surface area (Å²) >= 11 is 0. The summed E-state index contributed by atoms with van der Waals surface area (Å²) in [4.78, 5) is 7.25. The highest BCUT2D eigenvalue weighted by Crippen LogP contribution is 2.40. The summed E-state index contributed by atoms with van der Waals surface area (Å²) in [6.07, 6.45) is 0. The van der Waals surface area contributed by atoms with Gasteiger partial charge in [0.2, 0.25) is 0 Å². The minimum absolute atomic E-state index is 0.0121. The Bertz CT molecular complexity index is 662. The number of hydrogen-bond donors (Lipinski definition) is 1. The minimum atomic E-state index is 0.0121. The van der Waals surface area contributed by atoms with Gasteiger partial charge in [0.15, 0.2) is 0 Å². The average molecular weight is 327 g/mol. The molecule has 0 radical (unpaired) electrons. The van der Waals surface area contributed by atoms with Crippen LogP contribution in [0.4, 0.5) is 0 Å². The summed E-state index contributed by atoms with van der Waals surface area (Å²) in [6.45, 7) is 5.89. The lowest BCUT2D eigenvalue weighted by Crippen LogP contribution is -2.45. The van der Waals surface area contributed by atoms with Crippen LogP contribution < -0.4 is 14.8 Å². The molecule has 0 aliphatic carbocycles. The Kier molecular flexibility index (Phi) is 5.33. The molecule has 1 saturated heterocycles. The molecule has 1 aromatic carbocycles. The Hall–Kier alpha value is -2.11. The van der Waals surface area contributed by atoms with Gasteiger partial charge in [-0.15, -0.1) is 0 Å². The van der Waals surface area contributed by atoms with Crippen LogP contribution in [0.25, 0.3) is 0 Å². The quantitative estimate of drug-likeness (QED) is 0.914. The van der Waals surface area contributed by atoms with Crippen LogP contribution in [0.3, 0.4) is 0 Å². The maximum absolute atomic E-state index is 5.66. The molecule has 1 fully saturated rings. The Morgan fingerprint density at radius 1 is 1.00 bits per heavy atom. The third kappa shape index (κ3) is 3.37. The molecule has 1 unspecified atom stereocenters. The van der Waals surface area contributed by atoms with Gasteiger partial charge in [-0.3, -0.25) is 9.88 Å². The van der Waals surface area contributed by atoms with E-state index in [2.05, 4.69) is 22.3 Å². The van der Waals surface area contributed by atoms with Gasteiger partial charge in [0.05, 0.1) is 31.5 Å². The molecule has 2 aromatic rings. The first-order valence-corrected chi connectivity index (χ1v) is 8.34. The topological polar surface area (TPSA) is 46.6 Å². The summed E-state index contributed by atoms with van der Waals surface area (Å²) in [6, 6.07) is 12.1. The van der Waals surface area contributed by atoms with Crippen molar-refractivity contribution in [3.05, 3.63) is 53.3 Å². The van der Waals surface area contributed by atoms with Gasteiger partial charge in [0, 0.05) is 31.9 Å². The van der Waals surface area contributed by atoms with E-state index in [1.165, 1.54) is 0 Å². The number of benzene rings is 1. The van der Waals surface area contributed by atoms with Gasteiger partial charge >= 0.3 is 0 Å². The van der Waals surface area contributed by atoms with E-state index in [0.717, 1.165) is 54.6 Å². The number of aromatic nitrogens is 1. The van der Waals surface area contributed by atoms with Gasteiger partial charge in [0.25, 0.3) is 0 Å². The van der Waals surface area contributed by atoms with Crippen molar-refractivity contribution in [2.45, 2.75) is 13.0 Å². The Balaban J connectivity index is 2.14. The van der Waals surface area contributed by atoms with Crippen molar-refractivity contribution >= 4 is 0 Å². The van der Waals surface area contributed by atoms with Gasteiger partial charge in [-0.05, 0) is 31.2 Å². The highest BCUT2D eigenvalue weighted by molar-refractivity contribution is 5.50. The van der Waals surface area contributed by atoms with Crippen LogP contribution in [0.15, 0.2) is 36.4 Å². The molecule has 0 spiro atoms. The molecule has 0 bridgehead atoms. The van der Waals surface area contributed by atoms with Crippen molar-refractivity contribution < 1.29 is 9.47 Å². The first-order valence-electron chi connectivity index (χ1n) is 8.34. The van der Waals surface area contributed by atoms with Crippen molar-refractivity contribution in [3.63, 3.8) is 0 Å². The Morgan fingerprint density at radius 3 is 2.21 bits per heavy atom. The number of ether oxygens (including phenoxy) is 2. The molecular weight excluding hydrogens is 302 g/mol. The number of nitrogens with one attached hydrogen (secondary N) is 1. The van der Waals surface area contributed by atoms with Crippen molar-refractivity contribution in [1.82, 2.24) is 15.2 Å². The largest absolute Gasteiger partial charge is 0.496 e. The molecular formula is C19H25N3O2. The Morgan fingerprint density at radius 2 is 1.62 bits per heavy atom. The summed E-state index contributed by atoms with van der Waals surface area (Å²) < 4.78 is 11.3. The van der Waals surface area contributed by atoms with Crippen LogP contribution >= 0.6 is 0 Å². The molecule has 0 saturated carbocycles. The van der Waals surface area contributed by atoms with Crippen LogP contribution in [0.2, 0.25) is 0 Å². The highest BCUT2D eigenvalue weighted by atomic mass is 16.5. The van der Waals surface area contributed by atoms with Gasteiger partial charge in [0.1, 0.15) is 11.5 Å². The van der Waals surface area contributed by atoms with E-state index in [0.29, 0.717) is 0 Å². The third-order valence-corrected chi connectivity index (χ3v) is 4.45. The third-order valence-electron chi connectivity index (χ3n) is 4.45. The number of hydrogen-bond acceptors (Lipinski definition) is 5. The van der Waals surface area contributed by atoms with Crippen LogP contribution in [0, 0.1) is 6.92 Å². The molecule has 1 aliphatic rings. The molecule has 24 heavy (non-hydrogen) atoms. The number of pyridine rings is 1. The number of aryl methyl sites for hydroxylation is 1. The number of nitrogens with zero attached hydrogens (tertiary/aromatic N) is 2. The summed E-state index contributed by atoms with van der Waals surface area (Å²) in [5.41, 5.74) is 3.09. The summed E-state index contributed by atoms with van der Waals surface area (Å²) in [5, 5.41) is 3.42. The van der Waals surface area contributed by atoms with E-state index in [4.69, 9.17) is 14.5 Å². The van der Waals surface area contributed by atoms with Crippen LogP contribution in [0.1, 0.15) is 23.0 Å². The van der Waals surface area contributed by atoms with Crippen LogP contribution in [-0.4, -0.2) is 50.3 Å². The van der Waals surface area contributed by atoms with Crippen molar-refractivity contribution in [2.24, 2.45) is 0 Å². The maximum Gasteiger partial charge on any atom is 0.127 e. The van der Waals surface area contributed by atoms with Crippen molar-refractivity contribution in [2.75, 3.05) is 40.4 Å². The second kappa shape index (κ2) is 7.64. The number of piperazine rings is 1. The molecule has 1 atom stereocenters. The zero-order valence-electron chi connectivity index (χ0n) is 14.6. The summed E-state index contributed by atoms with van der Waals surface area (Å²) in [7, 11) is 3.41. The lowest BCUT2D eigenvalue weighted by Gasteiger charge is -2.36. The van der Waals surface area contributed by atoms with Gasteiger partial charge in [-0.1, -0.05) is 12.1 Å². The first-order chi connectivity index (χ1) is 11.7. The molecule has 5 nitrogen and oxygen atoms in total. The van der Waals surface area contributed by atoms with E-state index in [1.54, 1.807) is 14.2 Å². The van der Waals surface area contributed by atoms with Crippen LogP contribution in [0.5, 0.6) is 11.5 Å². The van der Waals surface area contributed by atoms with Gasteiger partial charge < -0.3 is 14.8 Å². The smallest absolute Gasteiger partial charge is 0.127 e. The second-order valence-electron chi connectivity index (χ2n) is 5.97. The standard InChI is InChI=1S/C19H25N3O2/c1-14-6-4-7-15(21-14)19(22-12-10-20-11-13-22)18-16(23-2)8-5-9-17(18)24-3/h4-9,19-20H,10-13H2,1-3H3.